The van der Waals surface area contributed by atoms with Crippen LogP contribution in [0.15, 0.2) is 72.9 Å². The summed E-state index contributed by atoms with van der Waals surface area (Å²) >= 11 is 0. The molecule has 5 heteroatoms. The first-order valence-electron chi connectivity index (χ1n) is 27.5. The molecule has 64 heavy (non-hydrogen) atoms. The van der Waals surface area contributed by atoms with Gasteiger partial charge in [-0.2, -0.15) is 0 Å². The quantitative estimate of drug-likeness (QED) is 0.0374. The molecule has 0 aromatic heterocycles. The van der Waals surface area contributed by atoms with E-state index >= 15 is 0 Å². The molecular weight excluding hydrogens is 789 g/mol. The van der Waals surface area contributed by atoms with Gasteiger partial charge in [0.2, 0.25) is 0 Å². The molecule has 0 aliphatic heterocycles. The predicted octanol–water partition coefficient (Wildman–Crippen LogP) is 18.4. The molecule has 0 fully saturated rings. The number of aliphatic hydroxyl groups excluding tert-OH is 1. The zero-order valence-electron chi connectivity index (χ0n) is 42.3. The molecule has 0 heterocycles. The third kappa shape index (κ3) is 52.0. The van der Waals surface area contributed by atoms with Crippen LogP contribution in [0.25, 0.3) is 0 Å². The zero-order chi connectivity index (χ0) is 46.3. The number of carbonyl (C=O) groups is 2. The van der Waals surface area contributed by atoms with Gasteiger partial charge in [0.1, 0.15) is 6.61 Å². The first-order valence-corrected chi connectivity index (χ1v) is 27.5. The number of hydrogen-bond acceptors (Lipinski definition) is 5. The maximum Gasteiger partial charge on any atom is 0.306 e. The monoisotopic (exact) mass is 893 g/mol. The minimum absolute atomic E-state index is 0.0768. The summed E-state index contributed by atoms with van der Waals surface area (Å²) in [4.78, 5) is 24.5. The lowest BCUT2D eigenvalue weighted by Crippen LogP contribution is -2.28. The zero-order valence-corrected chi connectivity index (χ0v) is 42.3. The number of ether oxygens (including phenoxy) is 2. The lowest BCUT2D eigenvalue weighted by molar-refractivity contribution is -0.161. The first-order chi connectivity index (χ1) is 31.6. The molecule has 0 aromatic carbocycles. The Morgan fingerprint density at radius 3 is 1.02 bits per heavy atom. The van der Waals surface area contributed by atoms with Crippen LogP contribution < -0.4 is 0 Å². The van der Waals surface area contributed by atoms with E-state index in [2.05, 4.69) is 86.8 Å². The molecule has 0 aliphatic carbocycles. The summed E-state index contributed by atoms with van der Waals surface area (Å²) in [5.41, 5.74) is 0. The molecule has 0 radical (unpaired) electrons. The smallest absolute Gasteiger partial charge is 0.306 e. The molecule has 0 aliphatic rings. The highest BCUT2D eigenvalue weighted by atomic mass is 16.6. The molecule has 1 N–H and O–H groups in total. The Labute approximate surface area is 397 Å². The average Bonchev–Trinajstić information content (AvgIpc) is 3.30. The Kier molecular flexibility index (Phi) is 52.4. The molecule has 0 saturated heterocycles. The number of carbonyl (C=O) groups excluding carboxylic acids is 2. The van der Waals surface area contributed by atoms with Gasteiger partial charge < -0.3 is 14.6 Å². The van der Waals surface area contributed by atoms with E-state index in [1.54, 1.807) is 0 Å². The van der Waals surface area contributed by atoms with Gasteiger partial charge in [-0.25, -0.2) is 0 Å². The Morgan fingerprint density at radius 2 is 0.672 bits per heavy atom. The highest BCUT2D eigenvalue weighted by Crippen LogP contribution is 2.17. The van der Waals surface area contributed by atoms with E-state index in [-0.39, 0.29) is 25.2 Å². The molecule has 1 unspecified atom stereocenters. The van der Waals surface area contributed by atoms with Gasteiger partial charge in [0, 0.05) is 12.8 Å². The topological polar surface area (TPSA) is 72.8 Å². The van der Waals surface area contributed by atoms with Crippen LogP contribution in [0.2, 0.25) is 0 Å². The van der Waals surface area contributed by atoms with Crippen molar-refractivity contribution in [2.24, 2.45) is 0 Å². The van der Waals surface area contributed by atoms with Gasteiger partial charge in [-0.05, 0) is 64.2 Å². The molecule has 0 bridgehead atoms. The van der Waals surface area contributed by atoms with Gasteiger partial charge >= 0.3 is 11.9 Å². The number of rotatable bonds is 50. The van der Waals surface area contributed by atoms with Gasteiger partial charge in [0.15, 0.2) is 6.10 Å². The summed E-state index contributed by atoms with van der Waals surface area (Å²) in [6, 6.07) is 0. The summed E-state index contributed by atoms with van der Waals surface area (Å²) in [5, 5.41) is 9.64. The molecule has 0 aromatic rings. The fourth-order valence-electron chi connectivity index (χ4n) is 7.91. The van der Waals surface area contributed by atoms with Crippen LogP contribution >= 0.6 is 0 Å². The molecule has 0 amide bonds. The molecule has 0 rings (SSSR count). The van der Waals surface area contributed by atoms with E-state index < -0.39 is 6.10 Å². The Hall–Kier alpha value is -2.66. The Balaban J connectivity index is 3.51. The lowest BCUT2D eigenvalue weighted by atomic mass is 10.0. The fraction of sp³-hybridized carbons (Fsp3) is 0.763. The van der Waals surface area contributed by atoms with Gasteiger partial charge in [-0.1, -0.05) is 267 Å². The van der Waals surface area contributed by atoms with Crippen LogP contribution in [0.1, 0.15) is 271 Å². The maximum absolute atomic E-state index is 12.3. The van der Waals surface area contributed by atoms with E-state index in [9.17, 15) is 14.7 Å². The number of allylic oxidation sites excluding steroid dienone is 12. The van der Waals surface area contributed by atoms with Crippen molar-refractivity contribution in [3.63, 3.8) is 0 Å². The van der Waals surface area contributed by atoms with Gasteiger partial charge in [-0.15, -0.1) is 0 Å². The highest BCUT2D eigenvalue weighted by Gasteiger charge is 2.16. The third-order valence-electron chi connectivity index (χ3n) is 12.0. The van der Waals surface area contributed by atoms with Crippen molar-refractivity contribution in [1.29, 1.82) is 0 Å². The summed E-state index contributed by atoms with van der Waals surface area (Å²) < 4.78 is 10.7. The third-order valence-corrected chi connectivity index (χ3v) is 12.0. The number of unbranched alkanes of at least 4 members (excludes halogenated alkanes) is 30. The second kappa shape index (κ2) is 54.7. The molecule has 0 spiro atoms. The Bertz CT molecular complexity index is 1150. The Morgan fingerprint density at radius 1 is 0.375 bits per heavy atom. The number of hydrogen-bond donors (Lipinski definition) is 1. The van der Waals surface area contributed by atoms with Crippen molar-refractivity contribution < 1.29 is 24.2 Å². The average molecular weight is 893 g/mol. The van der Waals surface area contributed by atoms with Gasteiger partial charge in [0.05, 0.1) is 6.61 Å². The minimum atomic E-state index is -0.789. The second-order valence-electron chi connectivity index (χ2n) is 18.3. The van der Waals surface area contributed by atoms with Crippen molar-refractivity contribution in [1.82, 2.24) is 0 Å². The van der Waals surface area contributed by atoms with E-state index in [4.69, 9.17) is 9.47 Å². The number of esters is 2. The largest absolute Gasteiger partial charge is 0.462 e. The predicted molar refractivity (Wildman–Crippen MR) is 279 cm³/mol. The fourth-order valence-corrected chi connectivity index (χ4v) is 7.91. The van der Waals surface area contributed by atoms with Crippen molar-refractivity contribution >= 4 is 11.9 Å². The molecular formula is C59H104O5. The van der Waals surface area contributed by atoms with Crippen LogP contribution in [0, 0.1) is 0 Å². The van der Waals surface area contributed by atoms with Crippen LogP contribution in [-0.4, -0.2) is 36.4 Å². The molecule has 5 nitrogen and oxygen atoms in total. The van der Waals surface area contributed by atoms with E-state index in [1.165, 1.54) is 154 Å². The van der Waals surface area contributed by atoms with Crippen molar-refractivity contribution in [3.8, 4) is 0 Å². The van der Waals surface area contributed by atoms with E-state index in [1.807, 2.05) is 0 Å². The summed E-state index contributed by atoms with van der Waals surface area (Å²) in [7, 11) is 0. The van der Waals surface area contributed by atoms with Crippen LogP contribution in [0.4, 0.5) is 0 Å². The standard InChI is InChI=1S/C59H104O5/c1-3-5-7-9-11-13-15-17-19-21-23-25-27-28-29-30-32-33-35-37-39-41-43-45-47-49-51-53-58(61)63-56-57(55-60)64-59(62)54-52-50-48-46-44-42-40-38-36-34-31-26-24-22-20-18-16-14-12-10-8-6-4-2/h6,8,12,14,18,20,24,26,34,36,40,42,57,60H,3-5,7,9-11,13,15-17,19,21-23,25,27-33,35,37-39,41,43-56H2,1-2H3/b8-6-,14-12-,20-18-,26-24-,36-34-,42-40-. The maximum atomic E-state index is 12.3. The lowest BCUT2D eigenvalue weighted by Gasteiger charge is -2.15. The summed E-state index contributed by atoms with van der Waals surface area (Å²) in [6.45, 7) is 4.03. The summed E-state index contributed by atoms with van der Waals surface area (Å²) in [6.07, 6.45) is 74.4. The molecule has 0 saturated carbocycles. The summed E-state index contributed by atoms with van der Waals surface area (Å²) in [5.74, 6) is -0.612. The van der Waals surface area contributed by atoms with Gasteiger partial charge in [-0.3, -0.25) is 9.59 Å². The van der Waals surface area contributed by atoms with E-state index in [0.29, 0.717) is 12.8 Å². The highest BCUT2D eigenvalue weighted by molar-refractivity contribution is 5.70. The van der Waals surface area contributed by atoms with Crippen molar-refractivity contribution in [2.45, 2.75) is 277 Å². The molecule has 1 atom stereocenters. The van der Waals surface area contributed by atoms with Crippen molar-refractivity contribution in [2.75, 3.05) is 13.2 Å². The minimum Gasteiger partial charge on any atom is -0.462 e. The second-order valence-corrected chi connectivity index (χ2v) is 18.3. The molecule has 370 valence electrons. The van der Waals surface area contributed by atoms with Gasteiger partial charge in [0.25, 0.3) is 0 Å². The normalized spacial score (nSPS) is 12.7. The SMILES string of the molecule is CC/C=C\C/C=C\C/C=C\C/C=C\C/C=C\C/C=C\CCCCCCC(=O)OC(CO)COC(=O)CCCCCCCCCCCCCCCCCCCCCCCCCCCCC. The first kappa shape index (κ1) is 61.3. The van der Waals surface area contributed by atoms with Crippen molar-refractivity contribution in [3.05, 3.63) is 72.9 Å². The van der Waals surface area contributed by atoms with E-state index in [0.717, 1.165) is 89.9 Å². The van der Waals surface area contributed by atoms with Crippen LogP contribution in [-0.2, 0) is 19.1 Å². The van der Waals surface area contributed by atoms with Crippen LogP contribution in [0.3, 0.4) is 0 Å². The van der Waals surface area contributed by atoms with Crippen LogP contribution in [0.5, 0.6) is 0 Å². The number of aliphatic hydroxyl groups is 1.